The average molecular weight is 337 g/mol. The van der Waals surface area contributed by atoms with Crippen molar-refractivity contribution in [2.45, 2.75) is 18.8 Å². The molecule has 0 spiro atoms. The lowest BCUT2D eigenvalue weighted by molar-refractivity contribution is 0.249. The van der Waals surface area contributed by atoms with Crippen molar-refractivity contribution in [3.63, 3.8) is 0 Å². The number of nitriles is 1. The molecular formula is C19H20FN5. The van der Waals surface area contributed by atoms with Crippen molar-refractivity contribution < 1.29 is 4.39 Å². The summed E-state index contributed by atoms with van der Waals surface area (Å²) in [4.78, 5) is 7.04. The molecule has 2 aliphatic heterocycles. The Labute approximate surface area is 146 Å². The molecule has 2 aliphatic rings. The molecule has 1 N–H and O–H groups in total. The van der Waals surface area contributed by atoms with Crippen molar-refractivity contribution in [3.8, 4) is 6.07 Å². The Morgan fingerprint density at radius 1 is 1.24 bits per heavy atom. The molecule has 0 bridgehead atoms. The largest absolute Gasteiger partial charge is 0.306 e. The van der Waals surface area contributed by atoms with Crippen LogP contribution in [0.3, 0.4) is 0 Å². The van der Waals surface area contributed by atoms with Gasteiger partial charge >= 0.3 is 0 Å². The van der Waals surface area contributed by atoms with Crippen LogP contribution in [0.1, 0.15) is 29.9 Å². The van der Waals surface area contributed by atoms with E-state index in [4.69, 9.17) is 4.99 Å². The summed E-state index contributed by atoms with van der Waals surface area (Å²) in [5, 5.41) is 17.0. The summed E-state index contributed by atoms with van der Waals surface area (Å²) >= 11 is 0. The van der Waals surface area contributed by atoms with Gasteiger partial charge in [0.05, 0.1) is 18.2 Å². The van der Waals surface area contributed by atoms with E-state index in [0.29, 0.717) is 11.4 Å². The van der Waals surface area contributed by atoms with Crippen LogP contribution in [0.5, 0.6) is 0 Å². The smallest absolute Gasteiger partial charge is 0.151 e. The first-order valence-corrected chi connectivity index (χ1v) is 8.63. The minimum atomic E-state index is -0.463. The van der Waals surface area contributed by atoms with Crippen molar-refractivity contribution >= 4 is 11.5 Å². The molecule has 1 aromatic carbocycles. The molecule has 6 heteroatoms. The number of nitrogens with one attached hydrogen (secondary N) is 1. The number of rotatable bonds is 2. The van der Waals surface area contributed by atoms with Gasteiger partial charge in [0.2, 0.25) is 0 Å². The van der Waals surface area contributed by atoms with Crippen LogP contribution in [0.25, 0.3) is 0 Å². The van der Waals surface area contributed by atoms with Gasteiger partial charge in [0.1, 0.15) is 5.82 Å². The van der Waals surface area contributed by atoms with Crippen molar-refractivity contribution in [3.05, 3.63) is 47.4 Å². The van der Waals surface area contributed by atoms with Crippen LogP contribution in [0.2, 0.25) is 0 Å². The molecule has 2 unspecified atom stereocenters. The van der Waals surface area contributed by atoms with Gasteiger partial charge in [0.25, 0.3) is 0 Å². The number of likely N-dealkylation sites (tertiary alicyclic amines) is 1. The van der Waals surface area contributed by atoms with Gasteiger partial charge in [-0.15, -0.1) is 0 Å². The first-order chi connectivity index (χ1) is 12.2. The standard InChI is InChI=1S/C19H20FN5/c1-25-8-6-12(7-9-25)18-14(10-21)17(13-4-2-3-5-16(13)20)15-11-22-24-19(15)23-18/h2-5,11-12,14,17H,6-9H2,1H3,(H,22,24). The molecule has 5 nitrogen and oxygen atoms in total. The first kappa shape index (κ1) is 16.0. The molecule has 0 saturated carbocycles. The highest BCUT2D eigenvalue weighted by molar-refractivity contribution is 5.96. The lowest BCUT2D eigenvalue weighted by Gasteiger charge is -2.35. The normalized spacial score (nSPS) is 24.4. The molecule has 2 atom stereocenters. The van der Waals surface area contributed by atoms with Gasteiger partial charge in [-0.05, 0) is 44.6 Å². The minimum absolute atomic E-state index is 0.256. The highest BCUT2D eigenvalue weighted by Crippen LogP contribution is 2.44. The summed E-state index contributed by atoms with van der Waals surface area (Å²) in [6.45, 7) is 1.98. The molecule has 0 amide bonds. The van der Waals surface area contributed by atoms with Gasteiger partial charge in [0.15, 0.2) is 5.82 Å². The number of fused-ring (bicyclic) bond motifs is 1. The van der Waals surface area contributed by atoms with Crippen LogP contribution in [0.4, 0.5) is 10.2 Å². The van der Waals surface area contributed by atoms with Gasteiger partial charge in [-0.3, -0.25) is 5.10 Å². The topological polar surface area (TPSA) is 68.1 Å². The van der Waals surface area contributed by atoms with E-state index in [0.717, 1.165) is 37.2 Å². The van der Waals surface area contributed by atoms with Crippen molar-refractivity contribution in [2.75, 3.05) is 20.1 Å². The predicted octanol–water partition coefficient (Wildman–Crippen LogP) is 3.25. The van der Waals surface area contributed by atoms with Gasteiger partial charge < -0.3 is 4.90 Å². The van der Waals surface area contributed by atoms with E-state index in [9.17, 15) is 9.65 Å². The molecule has 0 aliphatic carbocycles. The summed E-state index contributed by atoms with van der Waals surface area (Å²) in [5.74, 6) is -0.202. The highest BCUT2D eigenvalue weighted by Gasteiger charge is 2.40. The number of piperidine rings is 1. The number of aromatic nitrogens is 2. The van der Waals surface area contributed by atoms with Crippen LogP contribution in [-0.4, -0.2) is 40.9 Å². The van der Waals surface area contributed by atoms with Gasteiger partial charge in [-0.1, -0.05) is 18.2 Å². The van der Waals surface area contributed by atoms with Crippen LogP contribution < -0.4 is 0 Å². The zero-order valence-corrected chi connectivity index (χ0v) is 14.1. The molecule has 2 aromatic rings. The Bertz CT molecular complexity index is 841. The Morgan fingerprint density at radius 2 is 2.00 bits per heavy atom. The Kier molecular flexibility index (Phi) is 4.10. The summed E-state index contributed by atoms with van der Waals surface area (Å²) in [6, 6.07) is 9.11. The SMILES string of the molecule is CN1CCC(C2=Nc3[nH]ncc3C(c3ccccc3F)C2C#N)CC1. The zero-order chi connectivity index (χ0) is 17.4. The lowest BCUT2D eigenvalue weighted by atomic mass is 9.73. The fourth-order valence-corrected chi connectivity index (χ4v) is 4.02. The Hall–Kier alpha value is -2.52. The second kappa shape index (κ2) is 6.41. The van der Waals surface area contributed by atoms with Crippen LogP contribution >= 0.6 is 0 Å². The second-order valence-electron chi connectivity index (χ2n) is 6.89. The number of halogens is 1. The number of hydrogen-bond donors (Lipinski definition) is 1. The molecule has 1 saturated heterocycles. The van der Waals surface area contributed by atoms with E-state index in [2.05, 4.69) is 28.2 Å². The minimum Gasteiger partial charge on any atom is -0.306 e. The molecule has 1 fully saturated rings. The molecular weight excluding hydrogens is 317 g/mol. The summed E-state index contributed by atoms with van der Waals surface area (Å²) in [5.41, 5.74) is 2.21. The van der Waals surface area contributed by atoms with E-state index in [1.807, 2.05) is 6.07 Å². The van der Waals surface area contributed by atoms with Crippen LogP contribution in [0.15, 0.2) is 35.5 Å². The zero-order valence-electron chi connectivity index (χ0n) is 14.1. The summed E-state index contributed by atoms with van der Waals surface area (Å²) in [6.07, 6.45) is 3.62. The third-order valence-corrected chi connectivity index (χ3v) is 5.39. The summed E-state index contributed by atoms with van der Waals surface area (Å²) < 4.78 is 14.5. The van der Waals surface area contributed by atoms with Gasteiger partial charge in [-0.2, -0.15) is 10.4 Å². The van der Waals surface area contributed by atoms with Gasteiger partial charge in [0, 0.05) is 23.1 Å². The maximum atomic E-state index is 14.5. The number of aliphatic imine (C=N–C) groups is 1. The maximum absolute atomic E-state index is 14.5. The predicted molar refractivity (Wildman–Crippen MR) is 93.2 cm³/mol. The first-order valence-electron chi connectivity index (χ1n) is 8.63. The number of hydrogen-bond acceptors (Lipinski definition) is 4. The van der Waals surface area contributed by atoms with Gasteiger partial charge in [-0.25, -0.2) is 9.38 Å². The number of benzene rings is 1. The molecule has 25 heavy (non-hydrogen) atoms. The van der Waals surface area contributed by atoms with E-state index in [1.54, 1.807) is 18.3 Å². The molecule has 128 valence electrons. The lowest BCUT2D eigenvalue weighted by Crippen LogP contribution is -2.38. The van der Waals surface area contributed by atoms with Crippen LogP contribution in [-0.2, 0) is 0 Å². The van der Waals surface area contributed by atoms with E-state index in [1.165, 1.54) is 6.07 Å². The second-order valence-corrected chi connectivity index (χ2v) is 6.89. The monoisotopic (exact) mass is 337 g/mol. The molecule has 4 rings (SSSR count). The van der Waals surface area contributed by atoms with E-state index < -0.39 is 5.92 Å². The van der Waals surface area contributed by atoms with E-state index in [-0.39, 0.29) is 17.7 Å². The van der Waals surface area contributed by atoms with Crippen molar-refractivity contribution in [1.82, 2.24) is 15.1 Å². The van der Waals surface area contributed by atoms with Crippen LogP contribution in [0, 0.1) is 29.0 Å². The fourth-order valence-electron chi connectivity index (χ4n) is 4.02. The quantitative estimate of drug-likeness (QED) is 0.914. The third-order valence-electron chi connectivity index (χ3n) is 5.39. The molecule has 0 radical (unpaired) electrons. The number of nitrogens with zero attached hydrogens (tertiary/aromatic N) is 4. The van der Waals surface area contributed by atoms with E-state index >= 15 is 0 Å². The molecule has 3 heterocycles. The van der Waals surface area contributed by atoms with Crippen molar-refractivity contribution in [2.24, 2.45) is 16.8 Å². The maximum Gasteiger partial charge on any atom is 0.151 e. The number of aromatic amines is 1. The number of H-pyrrole nitrogens is 1. The van der Waals surface area contributed by atoms with Crippen molar-refractivity contribution in [1.29, 1.82) is 5.26 Å². The fraction of sp³-hybridized carbons (Fsp3) is 0.421. The molecule has 1 aromatic heterocycles. The average Bonchev–Trinajstić information content (AvgIpc) is 3.10. The Morgan fingerprint density at radius 3 is 2.72 bits per heavy atom. The summed E-state index contributed by atoms with van der Waals surface area (Å²) in [7, 11) is 2.11. The highest BCUT2D eigenvalue weighted by atomic mass is 19.1. The third kappa shape index (κ3) is 2.75. The Balaban J connectivity index is 1.80.